The second kappa shape index (κ2) is 10.8. The Morgan fingerprint density at radius 3 is 2.28 bits per heavy atom. The summed E-state index contributed by atoms with van der Waals surface area (Å²) in [6, 6.07) is 6.31. The summed E-state index contributed by atoms with van der Waals surface area (Å²) in [6.07, 6.45) is 5.85. The van der Waals surface area contributed by atoms with Crippen molar-refractivity contribution < 1.29 is 35.3 Å². The molecule has 5 fully saturated rings. The van der Waals surface area contributed by atoms with Gasteiger partial charge in [0.15, 0.2) is 5.82 Å². The van der Waals surface area contributed by atoms with Gasteiger partial charge in [0.2, 0.25) is 21.9 Å². The van der Waals surface area contributed by atoms with Crippen LogP contribution in [0.5, 0.6) is 0 Å². The van der Waals surface area contributed by atoms with Gasteiger partial charge < -0.3 is 9.42 Å². The van der Waals surface area contributed by atoms with Gasteiger partial charge in [-0.2, -0.15) is 13.8 Å². The Hall–Kier alpha value is -2.54. The third-order valence-corrected chi connectivity index (χ3v) is 11.6. The summed E-state index contributed by atoms with van der Waals surface area (Å²) in [5, 5.41) is 3.92. The van der Waals surface area contributed by atoms with Gasteiger partial charge in [0.1, 0.15) is 0 Å². The second-order valence-corrected chi connectivity index (χ2v) is 15.2. The third-order valence-electron chi connectivity index (χ3n) is 10.1. The van der Waals surface area contributed by atoms with Crippen LogP contribution in [0.15, 0.2) is 33.7 Å². The normalized spacial score (nSPS) is 27.7. The van der Waals surface area contributed by atoms with Crippen molar-refractivity contribution in [1.29, 1.82) is 0 Å². The van der Waals surface area contributed by atoms with Gasteiger partial charge in [0.25, 0.3) is 5.89 Å². The summed E-state index contributed by atoms with van der Waals surface area (Å²) in [5.74, 6) is -6.67. The largest absolute Gasteiger partial charge is 0.333 e. The molecule has 5 aliphatic carbocycles. The summed E-state index contributed by atoms with van der Waals surface area (Å²) < 4.78 is 88.7. The van der Waals surface area contributed by atoms with Gasteiger partial charge in [-0.15, -0.1) is 0 Å². The number of rotatable bonds is 10. The van der Waals surface area contributed by atoms with Gasteiger partial charge in [-0.1, -0.05) is 11.2 Å². The monoisotopic (exact) mass is 626 g/mol. The first-order chi connectivity index (χ1) is 20.2. The Balaban J connectivity index is 1.23. The number of benzene rings is 1. The maximum atomic E-state index is 13.9. The van der Waals surface area contributed by atoms with E-state index in [1.807, 2.05) is 0 Å². The minimum atomic E-state index is -3.76. The van der Waals surface area contributed by atoms with Crippen LogP contribution in [0.4, 0.5) is 23.2 Å². The molecule has 236 valence electrons. The Labute approximate surface area is 249 Å². The highest BCUT2D eigenvalue weighted by Crippen LogP contribution is 2.58. The van der Waals surface area contributed by atoms with Crippen LogP contribution in [0.2, 0.25) is 0 Å². The average Bonchev–Trinajstić information content (AvgIpc) is 3.60. The number of nitrogens with zero attached hydrogens (tertiary/aromatic N) is 3. The molecular formula is C30H38F4N4O4S. The molecule has 7 rings (SSSR count). The van der Waals surface area contributed by atoms with Crippen molar-refractivity contribution in [2.24, 2.45) is 11.3 Å². The fourth-order valence-electron chi connectivity index (χ4n) is 7.08. The smallest absolute Gasteiger partial charge is 0.322 e. The van der Waals surface area contributed by atoms with E-state index in [0.717, 1.165) is 19.8 Å². The van der Waals surface area contributed by atoms with Gasteiger partial charge in [-0.3, -0.25) is 4.79 Å². The lowest BCUT2D eigenvalue weighted by Gasteiger charge is -2.53. The predicted octanol–water partition coefficient (Wildman–Crippen LogP) is 6.46. The minimum absolute atomic E-state index is 0.0710. The molecule has 1 N–H and O–H groups in total. The number of alkyl halides is 4. The molecule has 0 saturated heterocycles. The van der Waals surface area contributed by atoms with Crippen molar-refractivity contribution in [3.05, 3.63) is 36.0 Å². The molecule has 5 aliphatic rings. The van der Waals surface area contributed by atoms with Crippen LogP contribution in [0.3, 0.4) is 0 Å². The zero-order valence-corrected chi connectivity index (χ0v) is 25.1. The first-order valence-electron chi connectivity index (χ1n) is 15.2. The fourth-order valence-corrected chi connectivity index (χ4v) is 8.42. The topological polar surface area (TPSA) is 105 Å². The fraction of sp³-hybridized carbons (Fsp3) is 0.700. The van der Waals surface area contributed by atoms with E-state index in [4.69, 9.17) is 4.52 Å². The van der Waals surface area contributed by atoms with E-state index in [1.54, 1.807) is 17.0 Å². The number of carbonyl (C=O) groups excluding carboxylic acids is 1. The molecular weight excluding hydrogens is 588 g/mol. The quantitative estimate of drug-likeness (QED) is 0.304. The zero-order chi connectivity index (χ0) is 30.7. The number of nitrogens with one attached hydrogen (secondary N) is 1. The predicted molar refractivity (Wildman–Crippen MR) is 149 cm³/mol. The van der Waals surface area contributed by atoms with Crippen LogP contribution < -0.4 is 9.62 Å². The van der Waals surface area contributed by atoms with Gasteiger partial charge in [-0.25, -0.2) is 21.9 Å². The van der Waals surface area contributed by atoms with E-state index in [9.17, 15) is 30.8 Å². The summed E-state index contributed by atoms with van der Waals surface area (Å²) in [7, 11) is -3.76. The number of sulfonamides is 1. The van der Waals surface area contributed by atoms with Gasteiger partial charge in [-0.05, 0) is 93.7 Å². The van der Waals surface area contributed by atoms with E-state index in [-0.39, 0.29) is 60.3 Å². The maximum absolute atomic E-state index is 13.9. The number of hydrogen-bond donors (Lipinski definition) is 1. The molecule has 5 saturated carbocycles. The van der Waals surface area contributed by atoms with E-state index in [1.165, 1.54) is 12.1 Å². The van der Waals surface area contributed by atoms with E-state index in [0.29, 0.717) is 56.6 Å². The average molecular weight is 627 g/mol. The van der Waals surface area contributed by atoms with Crippen molar-refractivity contribution in [3.8, 4) is 0 Å². The molecule has 1 amide bonds. The third kappa shape index (κ3) is 6.48. The van der Waals surface area contributed by atoms with E-state index in [2.05, 4.69) is 14.9 Å². The van der Waals surface area contributed by atoms with Crippen molar-refractivity contribution in [2.75, 3.05) is 11.4 Å². The highest BCUT2D eigenvalue weighted by Gasteiger charge is 2.53. The van der Waals surface area contributed by atoms with Crippen LogP contribution in [-0.4, -0.2) is 43.0 Å². The van der Waals surface area contributed by atoms with Crippen LogP contribution >= 0.6 is 0 Å². The molecule has 0 radical (unpaired) electrons. The molecule has 1 aromatic heterocycles. The molecule has 0 aliphatic heterocycles. The minimum Gasteiger partial charge on any atom is -0.333 e. The SMILES string of the molecule is CC(F)(F)c1nc(C23CCC(CN(C(=O)CC4CCC(F)(F)CC4)c4cccc(S(=O)(=O)NC5CC5)c4)(CC2)CC3)no1. The van der Waals surface area contributed by atoms with Crippen molar-refractivity contribution >= 4 is 21.6 Å². The summed E-state index contributed by atoms with van der Waals surface area (Å²) >= 11 is 0. The number of fused-ring (bicyclic) bond motifs is 3. The first kappa shape index (κ1) is 30.5. The zero-order valence-electron chi connectivity index (χ0n) is 24.3. The summed E-state index contributed by atoms with van der Waals surface area (Å²) in [4.78, 5) is 19.7. The van der Waals surface area contributed by atoms with Crippen molar-refractivity contribution in [3.63, 3.8) is 0 Å². The second-order valence-electron chi connectivity index (χ2n) is 13.5. The molecule has 13 heteroatoms. The Morgan fingerprint density at radius 2 is 1.70 bits per heavy atom. The van der Waals surface area contributed by atoms with Crippen molar-refractivity contribution in [2.45, 2.75) is 119 Å². The molecule has 1 heterocycles. The molecule has 0 unspecified atom stereocenters. The Morgan fingerprint density at radius 1 is 1.05 bits per heavy atom. The molecule has 2 aromatic rings. The Bertz CT molecular complexity index is 1440. The van der Waals surface area contributed by atoms with Crippen LogP contribution in [0, 0.1) is 11.3 Å². The standard InChI is InChI=1S/C30H38F4N4O4S/c1-27(31,32)26-35-25(36-42-26)29-14-11-28(12-15-29,13-16-29)19-38(24(39)17-20-7-9-30(33,34)10-8-20)22-3-2-4-23(18-22)43(40,41)37-21-5-6-21/h2-4,18,20-21,37H,5-17,19H2,1H3. The molecule has 0 atom stereocenters. The van der Waals surface area contributed by atoms with E-state index >= 15 is 0 Å². The number of halogens is 4. The van der Waals surface area contributed by atoms with Crippen LogP contribution in [0.25, 0.3) is 0 Å². The summed E-state index contributed by atoms with van der Waals surface area (Å²) in [6.45, 7) is 1.08. The number of amides is 1. The lowest BCUT2D eigenvalue weighted by Crippen LogP contribution is -2.51. The molecule has 2 bridgehead atoms. The lowest BCUT2D eigenvalue weighted by molar-refractivity contribution is -0.121. The molecule has 8 nitrogen and oxygen atoms in total. The molecule has 1 aromatic carbocycles. The van der Waals surface area contributed by atoms with E-state index < -0.39 is 33.2 Å². The van der Waals surface area contributed by atoms with Crippen molar-refractivity contribution in [1.82, 2.24) is 14.9 Å². The van der Waals surface area contributed by atoms with Crippen LogP contribution in [0.1, 0.15) is 102 Å². The molecule has 0 spiro atoms. The van der Waals surface area contributed by atoms with Crippen LogP contribution in [-0.2, 0) is 26.2 Å². The highest BCUT2D eigenvalue weighted by molar-refractivity contribution is 7.89. The van der Waals surface area contributed by atoms with Gasteiger partial charge in [0, 0.05) is 49.9 Å². The molecule has 43 heavy (non-hydrogen) atoms. The number of hydrogen-bond acceptors (Lipinski definition) is 6. The summed E-state index contributed by atoms with van der Waals surface area (Å²) in [5.41, 5.74) is -0.256. The number of anilines is 1. The lowest BCUT2D eigenvalue weighted by atomic mass is 9.53. The Kier molecular flexibility index (Phi) is 7.67. The highest BCUT2D eigenvalue weighted by atomic mass is 32.2. The maximum Gasteiger partial charge on any atom is 0.322 e. The van der Waals surface area contributed by atoms with Gasteiger partial charge in [0.05, 0.1) is 4.90 Å². The first-order valence-corrected chi connectivity index (χ1v) is 16.7. The van der Waals surface area contributed by atoms with Gasteiger partial charge >= 0.3 is 5.92 Å². The number of aromatic nitrogens is 2. The number of carbonyl (C=O) groups is 1.